The van der Waals surface area contributed by atoms with Crippen molar-refractivity contribution in [2.24, 2.45) is 0 Å². The number of hydrogen-bond donors (Lipinski definition) is 1. The maximum Gasteiger partial charge on any atom is 0.179 e. The van der Waals surface area contributed by atoms with Gasteiger partial charge in [-0.15, -0.1) is 12.4 Å². The lowest BCUT2D eigenvalue weighted by Crippen LogP contribution is -2.45. The van der Waals surface area contributed by atoms with Crippen LogP contribution in [0.5, 0.6) is 11.5 Å². The van der Waals surface area contributed by atoms with Gasteiger partial charge in [-0.1, -0.05) is 17.7 Å². The molecule has 1 aromatic heterocycles. The van der Waals surface area contributed by atoms with Crippen LogP contribution in [-0.2, 0) is 6.54 Å². The van der Waals surface area contributed by atoms with Gasteiger partial charge in [-0.25, -0.2) is 0 Å². The predicted molar refractivity (Wildman–Crippen MR) is 107 cm³/mol. The number of nitrogens with one attached hydrogen (secondary N) is 1. The van der Waals surface area contributed by atoms with Gasteiger partial charge in [-0.3, -0.25) is 9.88 Å². The van der Waals surface area contributed by atoms with E-state index in [1.165, 1.54) is 5.56 Å². The van der Waals surface area contributed by atoms with Gasteiger partial charge in [0.05, 0.1) is 18.7 Å². The summed E-state index contributed by atoms with van der Waals surface area (Å²) in [5, 5.41) is 4.05. The molecule has 0 amide bonds. The van der Waals surface area contributed by atoms with E-state index in [1.807, 2.05) is 37.5 Å². The molecule has 0 bridgehead atoms. The standard InChI is InChI=1S/C19H24ClN3O2.ClH/c1-3-25-18-10-14(9-16(20)19(18)24-2)13-23-8-7-22-12-17(23)15-5-4-6-21-11-15;/h4-6,9-11,17,22H,3,7-8,12-13H2,1-2H3;1H. The van der Waals surface area contributed by atoms with Crippen molar-refractivity contribution in [3.63, 3.8) is 0 Å². The fourth-order valence-corrected chi connectivity index (χ4v) is 3.56. The van der Waals surface area contributed by atoms with Gasteiger partial charge in [-0.05, 0) is 36.2 Å². The van der Waals surface area contributed by atoms with Crippen molar-refractivity contribution in [3.05, 3.63) is 52.8 Å². The van der Waals surface area contributed by atoms with Crippen molar-refractivity contribution in [2.45, 2.75) is 19.5 Å². The third-order valence-electron chi connectivity index (χ3n) is 4.38. The van der Waals surface area contributed by atoms with Crippen LogP contribution in [0.2, 0.25) is 5.02 Å². The molecule has 7 heteroatoms. The van der Waals surface area contributed by atoms with E-state index >= 15 is 0 Å². The van der Waals surface area contributed by atoms with Gasteiger partial charge in [0.25, 0.3) is 0 Å². The van der Waals surface area contributed by atoms with Crippen LogP contribution in [0.15, 0.2) is 36.7 Å². The molecule has 0 radical (unpaired) electrons. The lowest BCUT2D eigenvalue weighted by molar-refractivity contribution is 0.153. The van der Waals surface area contributed by atoms with Crippen LogP contribution in [0.3, 0.4) is 0 Å². The Kier molecular flexibility index (Phi) is 7.97. The van der Waals surface area contributed by atoms with Crippen LogP contribution in [0.25, 0.3) is 0 Å². The molecule has 1 atom stereocenters. The second-order valence-electron chi connectivity index (χ2n) is 6.02. The molecule has 1 aliphatic heterocycles. The SMILES string of the molecule is CCOc1cc(CN2CCNCC2c2cccnc2)cc(Cl)c1OC.Cl. The zero-order chi connectivity index (χ0) is 17.6. The van der Waals surface area contributed by atoms with E-state index in [4.69, 9.17) is 21.1 Å². The van der Waals surface area contributed by atoms with Gasteiger partial charge in [0.2, 0.25) is 0 Å². The van der Waals surface area contributed by atoms with Crippen LogP contribution >= 0.6 is 24.0 Å². The lowest BCUT2D eigenvalue weighted by atomic mass is 10.0. The molecular weight excluding hydrogens is 373 g/mol. The summed E-state index contributed by atoms with van der Waals surface area (Å²) >= 11 is 6.40. The van der Waals surface area contributed by atoms with Gasteiger partial charge < -0.3 is 14.8 Å². The average Bonchev–Trinajstić information content (AvgIpc) is 2.63. The maximum absolute atomic E-state index is 6.40. The summed E-state index contributed by atoms with van der Waals surface area (Å²) in [6.45, 7) is 6.17. The molecule has 1 aliphatic rings. The molecule has 142 valence electrons. The molecule has 1 N–H and O–H groups in total. The Labute approximate surface area is 166 Å². The molecule has 2 aromatic rings. The van der Waals surface area contributed by atoms with Gasteiger partial charge in [-0.2, -0.15) is 0 Å². The molecule has 0 spiro atoms. The summed E-state index contributed by atoms with van der Waals surface area (Å²) in [6, 6.07) is 8.39. The average molecular weight is 398 g/mol. The first-order chi connectivity index (χ1) is 12.2. The monoisotopic (exact) mass is 397 g/mol. The highest BCUT2D eigenvalue weighted by atomic mass is 35.5. The summed E-state index contributed by atoms with van der Waals surface area (Å²) in [5.74, 6) is 1.29. The number of methoxy groups -OCH3 is 1. The minimum absolute atomic E-state index is 0. The Hall–Kier alpha value is -1.53. The van der Waals surface area contributed by atoms with Gasteiger partial charge in [0, 0.05) is 44.6 Å². The van der Waals surface area contributed by atoms with Crippen molar-refractivity contribution in [2.75, 3.05) is 33.4 Å². The minimum Gasteiger partial charge on any atom is -0.491 e. The van der Waals surface area contributed by atoms with Gasteiger partial charge in [0.15, 0.2) is 11.5 Å². The van der Waals surface area contributed by atoms with E-state index in [2.05, 4.69) is 21.3 Å². The fourth-order valence-electron chi connectivity index (χ4n) is 3.25. The number of aromatic nitrogens is 1. The van der Waals surface area contributed by atoms with E-state index < -0.39 is 0 Å². The summed E-state index contributed by atoms with van der Waals surface area (Å²) in [5.41, 5.74) is 2.34. The maximum atomic E-state index is 6.40. The number of piperazine rings is 1. The third-order valence-corrected chi connectivity index (χ3v) is 4.66. The Bertz CT molecular complexity index is 701. The molecule has 1 saturated heterocycles. The Morgan fingerprint density at radius 3 is 2.92 bits per heavy atom. The molecule has 1 unspecified atom stereocenters. The van der Waals surface area contributed by atoms with Crippen LogP contribution in [-0.4, -0.2) is 43.2 Å². The number of hydrogen-bond acceptors (Lipinski definition) is 5. The zero-order valence-electron chi connectivity index (χ0n) is 15.1. The van der Waals surface area contributed by atoms with Gasteiger partial charge in [0.1, 0.15) is 0 Å². The highest BCUT2D eigenvalue weighted by Gasteiger charge is 2.24. The predicted octanol–water partition coefficient (Wildman–Crippen LogP) is 3.71. The first kappa shape index (κ1) is 20.8. The van der Waals surface area contributed by atoms with Crippen LogP contribution < -0.4 is 14.8 Å². The Morgan fingerprint density at radius 2 is 2.23 bits per heavy atom. The highest BCUT2D eigenvalue weighted by Crippen LogP contribution is 2.37. The molecular formula is C19H25Cl2N3O2. The number of halogens is 2. The van der Waals surface area contributed by atoms with Crippen molar-refractivity contribution in [1.29, 1.82) is 0 Å². The van der Waals surface area contributed by atoms with Crippen molar-refractivity contribution in [3.8, 4) is 11.5 Å². The second-order valence-corrected chi connectivity index (χ2v) is 6.43. The normalized spacial score (nSPS) is 17.4. The first-order valence-electron chi connectivity index (χ1n) is 8.56. The molecule has 3 rings (SSSR count). The fraction of sp³-hybridized carbons (Fsp3) is 0.421. The van der Waals surface area contributed by atoms with Crippen LogP contribution in [0.1, 0.15) is 24.1 Å². The second kappa shape index (κ2) is 9.97. The van der Waals surface area contributed by atoms with Crippen LogP contribution in [0.4, 0.5) is 0 Å². The molecule has 1 aromatic carbocycles. The molecule has 0 saturated carbocycles. The largest absolute Gasteiger partial charge is 0.491 e. The summed E-state index contributed by atoms with van der Waals surface area (Å²) < 4.78 is 11.1. The van der Waals surface area contributed by atoms with E-state index in [1.54, 1.807) is 7.11 Å². The topological polar surface area (TPSA) is 46.6 Å². The summed E-state index contributed by atoms with van der Waals surface area (Å²) in [6.07, 6.45) is 3.75. The number of ether oxygens (including phenoxy) is 2. The number of pyridine rings is 1. The quantitative estimate of drug-likeness (QED) is 0.804. The van der Waals surface area contributed by atoms with Crippen molar-refractivity contribution >= 4 is 24.0 Å². The molecule has 26 heavy (non-hydrogen) atoms. The molecule has 2 heterocycles. The Balaban J connectivity index is 0.00000243. The first-order valence-corrected chi connectivity index (χ1v) is 8.94. The van der Waals surface area contributed by atoms with E-state index in [9.17, 15) is 0 Å². The minimum atomic E-state index is 0. The van der Waals surface area contributed by atoms with E-state index in [-0.39, 0.29) is 12.4 Å². The number of rotatable bonds is 6. The third kappa shape index (κ3) is 4.80. The summed E-state index contributed by atoms with van der Waals surface area (Å²) in [7, 11) is 1.61. The van der Waals surface area contributed by atoms with E-state index in [0.717, 1.165) is 31.7 Å². The smallest absolute Gasteiger partial charge is 0.179 e. The Morgan fingerprint density at radius 1 is 1.38 bits per heavy atom. The number of nitrogens with zero attached hydrogens (tertiary/aromatic N) is 2. The molecule has 0 aliphatic carbocycles. The van der Waals surface area contributed by atoms with Crippen molar-refractivity contribution < 1.29 is 9.47 Å². The van der Waals surface area contributed by atoms with Crippen molar-refractivity contribution in [1.82, 2.24) is 15.2 Å². The summed E-state index contributed by atoms with van der Waals surface area (Å²) in [4.78, 5) is 6.71. The van der Waals surface area contributed by atoms with E-state index in [0.29, 0.717) is 29.2 Å². The molecule has 5 nitrogen and oxygen atoms in total. The van der Waals surface area contributed by atoms with Crippen LogP contribution in [0, 0.1) is 0 Å². The molecule has 1 fully saturated rings. The highest BCUT2D eigenvalue weighted by molar-refractivity contribution is 6.32. The lowest BCUT2D eigenvalue weighted by Gasteiger charge is -2.36. The zero-order valence-corrected chi connectivity index (χ0v) is 16.6. The number of benzene rings is 1. The van der Waals surface area contributed by atoms with Gasteiger partial charge >= 0.3 is 0 Å².